The summed E-state index contributed by atoms with van der Waals surface area (Å²) in [6.45, 7) is 6.02. The number of halogens is 4. The zero-order valence-corrected chi connectivity index (χ0v) is 12.9. The lowest BCUT2D eigenvalue weighted by atomic mass is 9.96. The van der Waals surface area contributed by atoms with Gasteiger partial charge in [-0.1, -0.05) is 43.4 Å². The smallest absolute Gasteiger partial charge is 0.171 e. The number of alkyl halides is 3. The standard InChI is InChI=1S/C14H16ClF3Si/c1-19(2,3)9-8-12(10-14(16,17)18)11-4-6-13(15)7-5-11/h4-7,12H,10H2,1-3H3/t12-/m1/s1. The topological polar surface area (TPSA) is 0 Å². The molecule has 0 spiro atoms. The van der Waals surface area contributed by atoms with E-state index in [2.05, 4.69) is 11.5 Å². The van der Waals surface area contributed by atoms with Crippen molar-refractivity contribution in [1.29, 1.82) is 0 Å². The molecule has 0 aliphatic rings. The SMILES string of the molecule is C[Si](C)(C)C#C[C@H](CC(F)(F)F)c1ccc(Cl)cc1. The first-order chi connectivity index (χ1) is 8.57. The van der Waals surface area contributed by atoms with E-state index in [1.807, 2.05) is 19.6 Å². The van der Waals surface area contributed by atoms with E-state index in [4.69, 9.17) is 11.6 Å². The molecule has 1 rings (SSSR count). The van der Waals surface area contributed by atoms with Crippen molar-refractivity contribution in [3.63, 3.8) is 0 Å². The minimum Gasteiger partial charge on any atom is -0.171 e. The van der Waals surface area contributed by atoms with Crippen LogP contribution >= 0.6 is 11.6 Å². The van der Waals surface area contributed by atoms with Crippen LogP contribution in [0.5, 0.6) is 0 Å². The van der Waals surface area contributed by atoms with Crippen molar-refractivity contribution < 1.29 is 13.2 Å². The molecule has 1 aromatic rings. The summed E-state index contributed by atoms with van der Waals surface area (Å²) >= 11 is 5.75. The van der Waals surface area contributed by atoms with Crippen molar-refractivity contribution >= 4 is 19.7 Å². The molecule has 104 valence electrons. The monoisotopic (exact) mass is 304 g/mol. The summed E-state index contributed by atoms with van der Waals surface area (Å²) in [5.41, 5.74) is 3.58. The Bertz CT molecular complexity index is 475. The quantitative estimate of drug-likeness (QED) is 0.516. The Morgan fingerprint density at radius 2 is 1.68 bits per heavy atom. The van der Waals surface area contributed by atoms with Crippen LogP contribution in [0, 0.1) is 11.5 Å². The first-order valence-corrected chi connectivity index (χ1v) is 9.79. The summed E-state index contributed by atoms with van der Waals surface area (Å²) in [5.74, 6) is 1.98. The summed E-state index contributed by atoms with van der Waals surface area (Å²) in [6.07, 6.45) is -5.15. The Morgan fingerprint density at radius 1 is 1.16 bits per heavy atom. The Labute approximate surface area is 118 Å². The number of hydrogen-bond acceptors (Lipinski definition) is 0. The molecule has 0 saturated carbocycles. The van der Waals surface area contributed by atoms with Crippen LogP contribution in [-0.4, -0.2) is 14.3 Å². The van der Waals surface area contributed by atoms with E-state index in [1.54, 1.807) is 24.3 Å². The van der Waals surface area contributed by atoms with Gasteiger partial charge in [-0.3, -0.25) is 0 Å². The molecule has 0 saturated heterocycles. The van der Waals surface area contributed by atoms with E-state index in [0.29, 0.717) is 10.6 Å². The summed E-state index contributed by atoms with van der Waals surface area (Å²) in [5, 5.41) is 0.507. The Balaban J connectivity index is 3.04. The second kappa shape index (κ2) is 6.02. The molecule has 19 heavy (non-hydrogen) atoms. The van der Waals surface area contributed by atoms with Gasteiger partial charge in [-0.15, -0.1) is 11.5 Å². The van der Waals surface area contributed by atoms with E-state index in [9.17, 15) is 13.2 Å². The van der Waals surface area contributed by atoms with E-state index >= 15 is 0 Å². The molecule has 0 bridgehead atoms. The molecule has 0 N–H and O–H groups in total. The van der Waals surface area contributed by atoms with Crippen LogP contribution in [-0.2, 0) is 0 Å². The molecule has 0 aliphatic heterocycles. The lowest BCUT2D eigenvalue weighted by Gasteiger charge is -2.15. The molecular weight excluding hydrogens is 289 g/mol. The number of benzene rings is 1. The maximum absolute atomic E-state index is 12.6. The molecule has 0 amide bonds. The maximum Gasteiger partial charge on any atom is 0.390 e. The predicted molar refractivity (Wildman–Crippen MR) is 76.0 cm³/mol. The van der Waals surface area contributed by atoms with Crippen molar-refractivity contribution in [1.82, 2.24) is 0 Å². The molecule has 0 radical (unpaired) electrons. The molecule has 0 aromatic heterocycles. The third-order valence-corrected chi connectivity index (χ3v) is 3.48. The number of hydrogen-bond donors (Lipinski definition) is 0. The minimum atomic E-state index is -4.22. The zero-order valence-electron chi connectivity index (χ0n) is 11.1. The van der Waals surface area contributed by atoms with Gasteiger partial charge in [-0.2, -0.15) is 13.2 Å². The second-order valence-corrected chi connectivity index (χ2v) is 10.6. The Morgan fingerprint density at radius 3 is 2.11 bits per heavy atom. The third-order valence-electron chi connectivity index (χ3n) is 2.33. The highest BCUT2D eigenvalue weighted by atomic mass is 35.5. The molecule has 0 nitrogen and oxygen atoms in total. The van der Waals surface area contributed by atoms with Crippen molar-refractivity contribution in [3.8, 4) is 11.5 Å². The lowest BCUT2D eigenvalue weighted by Crippen LogP contribution is -2.18. The first-order valence-electron chi connectivity index (χ1n) is 5.92. The summed E-state index contributed by atoms with van der Waals surface area (Å²) in [4.78, 5) is 0. The van der Waals surface area contributed by atoms with Crippen LogP contribution in [0.2, 0.25) is 24.7 Å². The van der Waals surface area contributed by atoms with Gasteiger partial charge in [0.15, 0.2) is 0 Å². The van der Waals surface area contributed by atoms with Crippen molar-refractivity contribution in [2.75, 3.05) is 0 Å². The Kier molecular flexibility index (Phi) is 5.11. The molecule has 1 atom stereocenters. The molecule has 1 aromatic carbocycles. The highest BCUT2D eigenvalue weighted by Gasteiger charge is 2.32. The molecule has 5 heteroatoms. The van der Waals surface area contributed by atoms with E-state index in [-0.39, 0.29) is 0 Å². The van der Waals surface area contributed by atoms with Gasteiger partial charge in [-0.05, 0) is 17.7 Å². The van der Waals surface area contributed by atoms with Gasteiger partial charge in [0.2, 0.25) is 0 Å². The van der Waals surface area contributed by atoms with Crippen LogP contribution in [0.25, 0.3) is 0 Å². The van der Waals surface area contributed by atoms with E-state index in [1.165, 1.54) is 0 Å². The second-order valence-electron chi connectivity index (χ2n) is 5.44. The Hall–Kier alpha value is -0.923. The van der Waals surface area contributed by atoms with Crippen LogP contribution in [0.4, 0.5) is 13.2 Å². The van der Waals surface area contributed by atoms with Gasteiger partial charge < -0.3 is 0 Å². The summed E-state index contributed by atoms with van der Waals surface area (Å²) in [7, 11) is -1.69. The van der Waals surface area contributed by atoms with Crippen LogP contribution < -0.4 is 0 Å². The normalized spacial score (nSPS) is 13.6. The highest BCUT2D eigenvalue weighted by molar-refractivity contribution is 6.83. The average molecular weight is 305 g/mol. The summed E-state index contributed by atoms with van der Waals surface area (Å²) < 4.78 is 37.8. The van der Waals surface area contributed by atoms with Gasteiger partial charge in [0, 0.05) is 5.02 Å². The first kappa shape index (κ1) is 16.1. The van der Waals surface area contributed by atoms with Gasteiger partial charge in [-0.25, -0.2) is 0 Å². The minimum absolute atomic E-state index is 0.507. The van der Waals surface area contributed by atoms with Crippen molar-refractivity contribution in [2.45, 2.75) is 38.2 Å². The zero-order chi connectivity index (χ0) is 14.7. The van der Waals surface area contributed by atoms with Gasteiger partial charge in [0.05, 0.1) is 12.3 Å². The number of rotatable bonds is 2. The largest absolute Gasteiger partial charge is 0.390 e. The predicted octanol–water partition coefficient (Wildman–Crippen LogP) is 5.26. The molecular formula is C14H16ClF3Si. The fourth-order valence-electron chi connectivity index (χ4n) is 1.48. The van der Waals surface area contributed by atoms with Gasteiger partial charge >= 0.3 is 6.18 Å². The van der Waals surface area contributed by atoms with E-state index < -0.39 is 26.6 Å². The van der Waals surface area contributed by atoms with Crippen LogP contribution in [0.3, 0.4) is 0 Å². The fraction of sp³-hybridized carbons (Fsp3) is 0.429. The highest BCUT2D eigenvalue weighted by Crippen LogP contribution is 2.31. The lowest BCUT2D eigenvalue weighted by molar-refractivity contribution is -0.136. The van der Waals surface area contributed by atoms with Gasteiger partial charge in [0.1, 0.15) is 8.07 Å². The third kappa shape index (κ3) is 6.70. The van der Waals surface area contributed by atoms with Gasteiger partial charge in [0.25, 0.3) is 0 Å². The van der Waals surface area contributed by atoms with Crippen molar-refractivity contribution in [2.24, 2.45) is 0 Å². The fourth-order valence-corrected chi connectivity index (χ4v) is 2.22. The molecule has 0 unspecified atom stereocenters. The molecule has 0 heterocycles. The molecule has 0 aliphatic carbocycles. The van der Waals surface area contributed by atoms with Crippen LogP contribution in [0.15, 0.2) is 24.3 Å². The van der Waals surface area contributed by atoms with Crippen molar-refractivity contribution in [3.05, 3.63) is 34.9 Å². The summed E-state index contributed by atoms with van der Waals surface area (Å²) in [6, 6.07) is 6.40. The molecule has 0 fully saturated rings. The average Bonchev–Trinajstić information content (AvgIpc) is 2.23. The maximum atomic E-state index is 12.6. The van der Waals surface area contributed by atoms with E-state index in [0.717, 1.165) is 0 Å². The van der Waals surface area contributed by atoms with Crippen LogP contribution in [0.1, 0.15) is 17.9 Å².